The lowest BCUT2D eigenvalue weighted by Gasteiger charge is -2.31. The number of quaternary nitrogens is 1. The molecular formula is C20H32N3O3+. The Bertz CT molecular complexity index is 620. The molecule has 0 spiro atoms. The number of likely N-dealkylation sites (N-methyl/N-ethyl adjacent to an activating group) is 1. The van der Waals surface area contributed by atoms with E-state index in [1.165, 1.54) is 19.3 Å². The zero-order valence-electron chi connectivity index (χ0n) is 16.3. The van der Waals surface area contributed by atoms with Gasteiger partial charge in [-0.1, -0.05) is 25.8 Å². The second kappa shape index (κ2) is 9.57. The molecule has 1 aliphatic rings. The fraction of sp³-hybridized carbons (Fsp3) is 0.600. The van der Waals surface area contributed by atoms with E-state index in [-0.39, 0.29) is 30.4 Å². The van der Waals surface area contributed by atoms with Gasteiger partial charge in [-0.25, -0.2) is 0 Å². The summed E-state index contributed by atoms with van der Waals surface area (Å²) in [5.74, 6) is 1.12. The topological polar surface area (TPSA) is 71.9 Å². The van der Waals surface area contributed by atoms with Gasteiger partial charge in [0, 0.05) is 17.8 Å². The number of anilines is 1. The van der Waals surface area contributed by atoms with Gasteiger partial charge in [0.2, 0.25) is 0 Å². The Hall–Kier alpha value is -2.08. The molecule has 2 rings (SSSR count). The van der Waals surface area contributed by atoms with Crippen LogP contribution in [0.2, 0.25) is 0 Å². The van der Waals surface area contributed by atoms with E-state index in [4.69, 9.17) is 4.74 Å². The van der Waals surface area contributed by atoms with Crippen LogP contribution in [0.3, 0.4) is 0 Å². The Morgan fingerprint density at radius 2 is 2.04 bits per heavy atom. The molecular weight excluding hydrogens is 330 g/mol. The van der Waals surface area contributed by atoms with Crippen LogP contribution in [-0.2, 0) is 9.59 Å². The van der Waals surface area contributed by atoms with E-state index in [1.807, 2.05) is 32.2 Å². The molecule has 6 nitrogen and oxygen atoms in total. The second-order valence-electron chi connectivity index (χ2n) is 7.40. The largest absolute Gasteiger partial charge is 0.497 e. The highest BCUT2D eigenvalue weighted by Gasteiger charge is 2.29. The van der Waals surface area contributed by atoms with Crippen LogP contribution in [0.1, 0.15) is 39.5 Å². The van der Waals surface area contributed by atoms with Gasteiger partial charge in [0.15, 0.2) is 12.6 Å². The fourth-order valence-electron chi connectivity index (χ4n) is 3.37. The van der Waals surface area contributed by atoms with Crippen molar-refractivity contribution in [3.63, 3.8) is 0 Å². The molecule has 3 N–H and O–H groups in total. The number of methoxy groups -OCH3 is 1. The van der Waals surface area contributed by atoms with Crippen LogP contribution in [0, 0.1) is 5.92 Å². The van der Waals surface area contributed by atoms with Crippen LogP contribution in [0.25, 0.3) is 0 Å². The van der Waals surface area contributed by atoms with Gasteiger partial charge in [0.25, 0.3) is 11.8 Å². The Morgan fingerprint density at radius 3 is 2.73 bits per heavy atom. The molecule has 1 aromatic rings. The van der Waals surface area contributed by atoms with E-state index in [9.17, 15) is 9.59 Å². The second-order valence-corrected chi connectivity index (χ2v) is 7.40. The average Bonchev–Trinajstić information content (AvgIpc) is 2.62. The molecule has 1 saturated carbocycles. The molecule has 144 valence electrons. The molecule has 0 heterocycles. The lowest BCUT2D eigenvalue weighted by atomic mass is 9.86. The minimum atomic E-state index is -0.278. The molecule has 0 saturated heterocycles. The van der Waals surface area contributed by atoms with Crippen molar-refractivity contribution < 1.29 is 19.2 Å². The van der Waals surface area contributed by atoms with E-state index in [0.29, 0.717) is 17.4 Å². The van der Waals surface area contributed by atoms with Crippen molar-refractivity contribution in [2.45, 2.75) is 51.6 Å². The maximum Gasteiger partial charge on any atom is 0.279 e. The maximum atomic E-state index is 12.5. The van der Waals surface area contributed by atoms with Crippen LogP contribution in [0.5, 0.6) is 5.75 Å². The van der Waals surface area contributed by atoms with Crippen LogP contribution >= 0.6 is 0 Å². The van der Waals surface area contributed by atoms with Crippen molar-refractivity contribution in [2.24, 2.45) is 5.92 Å². The van der Waals surface area contributed by atoms with E-state index in [2.05, 4.69) is 17.6 Å². The molecule has 26 heavy (non-hydrogen) atoms. The highest BCUT2D eigenvalue weighted by molar-refractivity contribution is 5.91. The van der Waals surface area contributed by atoms with Crippen LogP contribution in [-0.4, -0.2) is 44.6 Å². The molecule has 0 aliphatic heterocycles. The monoisotopic (exact) mass is 362 g/mol. The SMILES string of the molecule is COc1cccc(NC(=O)C[NH+](C)[C@H](C)C(=O)N[C@H]2CCCC[C@H]2C)c1. The van der Waals surface area contributed by atoms with Gasteiger partial charge >= 0.3 is 0 Å². The molecule has 1 fully saturated rings. The van der Waals surface area contributed by atoms with Crippen molar-refractivity contribution >= 4 is 17.5 Å². The third-order valence-corrected chi connectivity index (χ3v) is 5.36. The standard InChI is InChI=1S/C20H31N3O3/c1-14-8-5-6-11-18(14)22-20(25)15(2)23(3)13-19(24)21-16-9-7-10-17(12-16)26-4/h7,9-10,12,14-15,18H,5-6,8,11,13H2,1-4H3,(H,21,24)(H,22,25)/p+1/t14-,15-,18+/m1/s1. The summed E-state index contributed by atoms with van der Waals surface area (Å²) in [6.07, 6.45) is 4.65. The number of carbonyl (C=O) groups is 2. The first kappa shape index (κ1) is 20.2. The van der Waals surface area contributed by atoms with E-state index >= 15 is 0 Å². The number of ether oxygens (including phenoxy) is 1. The molecule has 1 aromatic carbocycles. The highest BCUT2D eigenvalue weighted by Crippen LogP contribution is 2.23. The number of carbonyl (C=O) groups excluding carboxylic acids is 2. The van der Waals surface area contributed by atoms with Gasteiger partial charge in [0.1, 0.15) is 5.75 Å². The molecule has 0 bridgehead atoms. The Morgan fingerprint density at radius 1 is 1.31 bits per heavy atom. The summed E-state index contributed by atoms with van der Waals surface area (Å²) in [5, 5.41) is 6.04. The average molecular weight is 362 g/mol. The van der Waals surface area contributed by atoms with E-state index in [0.717, 1.165) is 11.3 Å². The molecule has 0 aromatic heterocycles. The van der Waals surface area contributed by atoms with Crippen molar-refractivity contribution in [1.29, 1.82) is 0 Å². The zero-order valence-corrected chi connectivity index (χ0v) is 16.3. The maximum absolute atomic E-state index is 12.5. The number of hydrogen-bond acceptors (Lipinski definition) is 3. The molecule has 0 radical (unpaired) electrons. The van der Waals surface area contributed by atoms with Crippen molar-refractivity contribution in [3.05, 3.63) is 24.3 Å². The predicted octanol–water partition coefficient (Wildman–Crippen LogP) is 1.23. The van der Waals surface area contributed by atoms with Gasteiger partial charge in [0.05, 0.1) is 14.2 Å². The van der Waals surface area contributed by atoms with Gasteiger partial charge in [-0.3, -0.25) is 9.59 Å². The Balaban J connectivity index is 1.83. The summed E-state index contributed by atoms with van der Waals surface area (Å²) in [6.45, 7) is 4.30. The third kappa shape index (κ3) is 5.73. The third-order valence-electron chi connectivity index (χ3n) is 5.36. The molecule has 6 heteroatoms. The van der Waals surface area contributed by atoms with Crippen molar-refractivity contribution in [2.75, 3.05) is 26.0 Å². The number of nitrogens with one attached hydrogen (secondary N) is 3. The minimum Gasteiger partial charge on any atom is -0.497 e. The summed E-state index contributed by atoms with van der Waals surface area (Å²) in [7, 11) is 3.46. The summed E-state index contributed by atoms with van der Waals surface area (Å²) in [4.78, 5) is 25.7. The number of hydrogen-bond donors (Lipinski definition) is 3. The quantitative estimate of drug-likeness (QED) is 0.683. The zero-order chi connectivity index (χ0) is 19.1. The predicted molar refractivity (Wildman–Crippen MR) is 102 cm³/mol. The number of benzene rings is 1. The Kier molecular flexibility index (Phi) is 7.45. The van der Waals surface area contributed by atoms with Gasteiger partial charge in [-0.2, -0.15) is 0 Å². The molecule has 1 unspecified atom stereocenters. The number of amides is 2. The van der Waals surface area contributed by atoms with Gasteiger partial charge in [-0.05, 0) is 37.8 Å². The van der Waals surface area contributed by atoms with Gasteiger partial charge < -0.3 is 20.3 Å². The smallest absolute Gasteiger partial charge is 0.279 e. The van der Waals surface area contributed by atoms with Crippen molar-refractivity contribution in [1.82, 2.24) is 5.32 Å². The first-order chi connectivity index (χ1) is 12.4. The first-order valence-electron chi connectivity index (χ1n) is 9.47. The lowest BCUT2D eigenvalue weighted by Crippen LogP contribution is -3.15. The van der Waals surface area contributed by atoms with E-state index in [1.54, 1.807) is 13.2 Å². The number of rotatable bonds is 7. The first-order valence-corrected chi connectivity index (χ1v) is 9.47. The minimum absolute atomic E-state index is 0.0235. The summed E-state index contributed by atoms with van der Waals surface area (Å²) < 4.78 is 5.16. The Labute approximate surface area is 156 Å². The summed E-state index contributed by atoms with van der Waals surface area (Å²) >= 11 is 0. The highest BCUT2D eigenvalue weighted by atomic mass is 16.5. The summed E-state index contributed by atoms with van der Waals surface area (Å²) in [5.41, 5.74) is 0.690. The van der Waals surface area contributed by atoms with Gasteiger partial charge in [-0.15, -0.1) is 0 Å². The fourth-order valence-corrected chi connectivity index (χ4v) is 3.37. The van der Waals surface area contributed by atoms with Crippen LogP contribution < -0.4 is 20.3 Å². The molecule has 4 atom stereocenters. The van der Waals surface area contributed by atoms with Crippen LogP contribution in [0.4, 0.5) is 5.69 Å². The molecule has 1 aliphatic carbocycles. The van der Waals surface area contributed by atoms with E-state index < -0.39 is 0 Å². The van der Waals surface area contributed by atoms with Crippen molar-refractivity contribution in [3.8, 4) is 5.75 Å². The lowest BCUT2D eigenvalue weighted by molar-refractivity contribution is -0.885. The summed E-state index contributed by atoms with van der Waals surface area (Å²) in [6, 6.07) is 7.22. The normalized spacial score (nSPS) is 22.2. The molecule has 2 amide bonds. The van der Waals surface area contributed by atoms with Crippen LogP contribution in [0.15, 0.2) is 24.3 Å².